The molecular weight excluding hydrogens is 348 g/mol. The molecule has 0 atom stereocenters. The van der Waals surface area contributed by atoms with Crippen molar-refractivity contribution in [3.05, 3.63) is 58.2 Å². The zero-order valence-corrected chi connectivity index (χ0v) is 14.7. The van der Waals surface area contributed by atoms with E-state index in [2.05, 4.69) is 16.0 Å². The van der Waals surface area contributed by atoms with Gasteiger partial charge >= 0.3 is 0 Å². The molecule has 0 spiro atoms. The van der Waals surface area contributed by atoms with Gasteiger partial charge in [0.1, 0.15) is 5.82 Å². The minimum absolute atomic E-state index is 0.263. The number of rotatable bonds is 3. The molecule has 0 unspecified atom stereocenters. The first-order valence-electron chi connectivity index (χ1n) is 7.68. The van der Waals surface area contributed by atoms with Crippen LogP contribution in [-0.4, -0.2) is 16.2 Å². The Morgan fingerprint density at radius 3 is 2.69 bits per heavy atom. The summed E-state index contributed by atoms with van der Waals surface area (Å²) in [6, 6.07) is 11.0. The molecule has 2 aromatic carbocycles. The Morgan fingerprint density at radius 2 is 2.00 bits per heavy atom. The average Bonchev–Trinajstić information content (AvgIpc) is 2.64. The lowest BCUT2D eigenvalue weighted by atomic mass is 9.96. The number of nitrogen functional groups attached to an aromatic ring is 2. The molecule has 0 radical (unpaired) electrons. The Morgan fingerprint density at radius 1 is 1.23 bits per heavy atom. The molecule has 3 rings (SSSR count). The van der Waals surface area contributed by atoms with E-state index in [0.717, 1.165) is 17.3 Å². The maximum absolute atomic E-state index is 9.30. The quantitative estimate of drug-likeness (QED) is 0.482. The van der Waals surface area contributed by atoms with Crippen molar-refractivity contribution in [2.75, 3.05) is 11.5 Å². The van der Waals surface area contributed by atoms with Gasteiger partial charge in [-0.15, -0.1) is 0 Å². The Kier molecular flexibility index (Phi) is 4.57. The number of hydrogen-bond donors (Lipinski definition) is 3. The number of nitriles is 1. The molecule has 26 heavy (non-hydrogen) atoms. The van der Waals surface area contributed by atoms with Gasteiger partial charge in [-0.1, -0.05) is 23.7 Å². The van der Waals surface area contributed by atoms with Gasteiger partial charge in [-0.05, 0) is 30.7 Å². The van der Waals surface area contributed by atoms with E-state index in [4.69, 9.17) is 28.5 Å². The summed E-state index contributed by atoms with van der Waals surface area (Å²) < 4.78 is 0. The highest BCUT2D eigenvalue weighted by molar-refractivity contribution is 6.34. The van der Waals surface area contributed by atoms with Gasteiger partial charge in [0, 0.05) is 22.9 Å². The molecule has 0 amide bonds. The number of benzene rings is 2. The van der Waals surface area contributed by atoms with E-state index >= 15 is 0 Å². The molecular formula is C19H15ClN6. The molecule has 6 nitrogen and oxygen atoms in total. The van der Waals surface area contributed by atoms with Crippen molar-refractivity contribution in [1.82, 2.24) is 9.97 Å². The standard InChI is InChI=1S/C19H15ClN6/c1-10-11(7-21)3-2-4-14(10)19-18(25-9-16(23)26-19)12-5-13(8-22)17(24)15(20)6-12/h2-6,8-9,22H,24H2,1H3,(H2,23,26). The summed E-state index contributed by atoms with van der Waals surface area (Å²) in [6.45, 7) is 1.85. The molecule has 128 valence electrons. The SMILES string of the molecule is Cc1c(C#N)cccc1-c1nc(N)cnc1-c1cc(Cl)c(N)c(C=N)c1. The van der Waals surface area contributed by atoms with Crippen LogP contribution in [0.1, 0.15) is 16.7 Å². The third-order valence-corrected chi connectivity index (χ3v) is 4.40. The van der Waals surface area contributed by atoms with Crippen molar-refractivity contribution in [3.8, 4) is 28.6 Å². The van der Waals surface area contributed by atoms with E-state index in [1.807, 2.05) is 13.0 Å². The number of anilines is 2. The molecule has 1 heterocycles. The summed E-state index contributed by atoms with van der Waals surface area (Å²) in [6.07, 6.45) is 2.59. The third kappa shape index (κ3) is 2.96. The Bertz CT molecular complexity index is 1070. The lowest BCUT2D eigenvalue weighted by molar-refractivity contribution is 1.21. The Balaban J connectivity index is 2.32. The number of aromatic nitrogens is 2. The number of nitrogens with two attached hydrogens (primary N) is 2. The number of halogens is 1. The fraction of sp³-hybridized carbons (Fsp3) is 0.0526. The molecule has 0 aliphatic heterocycles. The van der Waals surface area contributed by atoms with Crippen molar-refractivity contribution in [3.63, 3.8) is 0 Å². The summed E-state index contributed by atoms with van der Waals surface area (Å²) in [7, 11) is 0. The first kappa shape index (κ1) is 17.4. The van der Waals surface area contributed by atoms with Crippen molar-refractivity contribution in [2.45, 2.75) is 6.92 Å². The van der Waals surface area contributed by atoms with Gasteiger partial charge in [0.15, 0.2) is 0 Å². The molecule has 5 N–H and O–H groups in total. The van der Waals surface area contributed by atoms with Crippen molar-refractivity contribution >= 4 is 29.3 Å². The highest BCUT2D eigenvalue weighted by Crippen LogP contribution is 2.35. The molecule has 0 bridgehead atoms. The van der Waals surface area contributed by atoms with Crippen LogP contribution < -0.4 is 11.5 Å². The predicted molar refractivity (Wildman–Crippen MR) is 104 cm³/mol. The van der Waals surface area contributed by atoms with Crippen LogP contribution in [0.2, 0.25) is 5.02 Å². The Labute approximate surface area is 155 Å². The normalized spacial score (nSPS) is 10.3. The van der Waals surface area contributed by atoms with E-state index < -0.39 is 0 Å². The molecule has 0 aliphatic carbocycles. The van der Waals surface area contributed by atoms with Gasteiger partial charge in [0.05, 0.1) is 39.9 Å². The molecule has 3 aromatic rings. The maximum Gasteiger partial charge on any atom is 0.142 e. The minimum Gasteiger partial charge on any atom is -0.397 e. The van der Waals surface area contributed by atoms with E-state index in [-0.39, 0.29) is 5.82 Å². The Hall–Kier alpha value is -3.43. The summed E-state index contributed by atoms with van der Waals surface area (Å²) in [5.74, 6) is 0.263. The summed E-state index contributed by atoms with van der Waals surface area (Å²) in [4.78, 5) is 8.86. The van der Waals surface area contributed by atoms with Crippen LogP contribution in [0.5, 0.6) is 0 Å². The van der Waals surface area contributed by atoms with Crippen LogP contribution in [-0.2, 0) is 0 Å². The molecule has 7 heteroatoms. The fourth-order valence-electron chi connectivity index (χ4n) is 2.71. The highest BCUT2D eigenvalue weighted by Gasteiger charge is 2.17. The maximum atomic E-state index is 9.30. The minimum atomic E-state index is 0.263. The first-order valence-corrected chi connectivity index (χ1v) is 8.06. The van der Waals surface area contributed by atoms with Crippen LogP contribution in [0.3, 0.4) is 0 Å². The van der Waals surface area contributed by atoms with Crippen molar-refractivity contribution < 1.29 is 0 Å². The van der Waals surface area contributed by atoms with Gasteiger partial charge in [-0.3, -0.25) is 4.98 Å². The van der Waals surface area contributed by atoms with Gasteiger partial charge in [-0.25, -0.2) is 4.98 Å². The topological polar surface area (TPSA) is 125 Å². The van der Waals surface area contributed by atoms with Gasteiger partial charge in [0.2, 0.25) is 0 Å². The summed E-state index contributed by atoms with van der Waals surface area (Å²) in [5, 5.41) is 17.1. The zero-order chi connectivity index (χ0) is 18.8. The van der Waals surface area contributed by atoms with E-state index in [1.54, 1.807) is 24.3 Å². The van der Waals surface area contributed by atoms with Crippen LogP contribution in [0.25, 0.3) is 22.5 Å². The lowest BCUT2D eigenvalue weighted by Gasteiger charge is -2.13. The van der Waals surface area contributed by atoms with Crippen LogP contribution in [0.4, 0.5) is 11.5 Å². The second-order valence-electron chi connectivity index (χ2n) is 5.69. The number of nitrogens with zero attached hydrogens (tertiary/aromatic N) is 3. The monoisotopic (exact) mass is 362 g/mol. The van der Waals surface area contributed by atoms with E-state index in [1.165, 1.54) is 6.20 Å². The highest BCUT2D eigenvalue weighted by atomic mass is 35.5. The van der Waals surface area contributed by atoms with Gasteiger partial charge < -0.3 is 16.9 Å². The lowest BCUT2D eigenvalue weighted by Crippen LogP contribution is -2.01. The molecule has 0 fully saturated rings. The van der Waals surface area contributed by atoms with E-state index in [0.29, 0.717) is 38.8 Å². The molecule has 0 aliphatic rings. The summed E-state index contributed by atoms with van der Waals surface area (Å²) >= 11 is 6.21. The smallest absolute Gasteiger partial charge is 0.142 e. The molecule has 0 saturated carbocycles. The number of nitrogens with one attached hydrogen (secondary N) is 1. The molecule has 1 aromatic heterocycles. The predicted octanol–water partition coefficient (Wildman–Crippen LogP) is 3.81. The van der Waals surface area contributed by atoms with Gasteiger partial charge in [0.25, 0.3) is 0 Å². The second-order valence-corrected chi connectivity index (χ2v) is 6.09. The first-order chi connectivity index (χ1) is 12.5. The largest absolute Gasteiger partial charge is 0.397 e. The summed E-state index contributed by atoms with van der Waals surface area (Å²) in [5.41, 5.74) is 16.4. The third-order valence-electron chi connectivity index (χ3n) is 4.09. The molecule has 0 saturated heterocycles. The van der Waals surface area contributed by atoms with Crippen LogP contribution >= 0.6 is 11.6 Å². The van der Waals surface area contributed by atoms with E-state index in [9.17, 15) is 5.26 Å². The number of hydrogen-bond acceptors (Lipinski definition) is 6. The van der Waals surface area contributed by atoms with Crippen LogP contribution in [0.15, 0.2) is 36.5 Å². The van der Waals surface area contributed by atoms with Crippen LogP contribution in [0, 0.1) is 23.7 Å². The fourth-order valence-corrected chi connectivity index (χ4v) is 2.94. The average molecular weight is 363 g/mol. The zero-order valence-electron chi connectivity index (χ0n) is 13.9. The van der Waals surface area contributed by atoms with Gasteiger partial charge in [-0.2, -0.15) is 5.26 Å². The van der Waals surface area contributed by atoms with Crippen molar-refractivity contribution in [2.24, 2.45) is 0 Å². The second kappa shape index (κ2) is 6.82. The van der Waals surface area contributed by atoms with Crippen molar-refractivity contribution in [1.29, 1.82) is 10.7 Å².